The fourth-order valence-electron chi connectivity index (χ4n) is 4.98. The molecule has 13 heteroatoms. The number of amides is 2. The second-order valence-electron chi connectivity index (χ2n) is 10.3. The molecule has 0 saturated carbocycles. The van der Waals surface area contributed by atoms with E-state index in [9.17, 15) is 35.9 Å². The molecular formula is C31H24F6N4O2S. The van der Waals surface area contributed by atoms with Crippen molar-refractivity contribution >= 4 is 45.8 Å². The van der Waals surface area contributed by atoms with Crippen LogP contribution in [-0.2, 0) is 23.6 Å². The number of benzene rings is 4. The number of para-hydroxylation sites is 2. The van der Waals surface area contributed by atoms with Gasteiger partial charge in [-0.1, -0.05) is 54.6 Å². The summed E-state index contributed by atoms with van der Waals surface area (Å²) in [5, 5.41) is 1.81. The molecule has 4 aromatic carbocycles. The highest BCUT2D eigenvalue weighted by molar-refractivity contribution is 7.71. The molecule has 0 aliphatic rings. The van der Waals surface area contributed by atoms with E-state index in [0.717, 1.165) is 15.7 Å². The third-order valence-corrected chi connectivity index (χ3v) is 7.52. The Labute approximate surface area is 251 Å². The molecule has 228 valence electrons. The number of aromatic amines is 1. The predicted molar refractivity (Wildman–Crippen MR) is 156 cm³/mol. The van der Waals surface area contributed by atoms with E-state index >= 15 is 0 Å². The zero-order chi connectivity index (χ0) is 31.8. The maximum Gasteiger partial charge on any atom is 0.416 e. The Morgan fingerprint density at radius 3 is 2.14 bits per heavy atom. The molecule has 44 heavy (non-hydrogen) atoms. The molecule has 0 saturated heterocycles. The standard InChI is InChI=1S/C31H24F6N4O2S/c1-40(28(43)21-14-22(30(32,33)34)16-23(15-21)31(35,36)37)24(13-18-10-11-19-6-2-3-7-20(19)12-18)17-27(42)39-41-26-9-5-4-8-25(26)38-29(41)44/h2-12,14-16,24H,13,17H2,1H3,(H,38,44)(H,39,42). The lowest BCUT2D eigenvalue weighted by Crippen LogP contribution is -2.42. The van der Waals surface area contributed by atoms with Crippen molar-refractivity contribution in [1.29, 1.82) is 0 Å². The SMILES string of the molecule is CN(C(=O)c1cc(C(F)(F)F)cc(C(F)(F)F)c1)C(CC(=O)Nn1c(=S)[nH]c2ccccc21)Cc1ccc2ccccc2c1. The number of H-pyrrole nitrogens is 1. The van der Waals surface area contributed by atoms with Gasteiger partial charge in [0.2, 0.25) is 5.91 Å². The normalized spacial score (nSPS) is 12.8. The van der Waals surface area contributed by atoms with Crippen LogP contribution < -0.4 is 5.43 Å². The van der Waals surface area contributed by atoms with Gasteiger partial charge >= 0.3 is 12.4 Å². The maximum absolute atomic E-state index is 13.5. The molecule has 1 atom stereocenters. The predicted octanol–water partition coefficient (Wildman–Crippen LogP) is 7.73. The summed E-state index contributed by atoms with van der Waals surface area (Å²) in [6.45, 7) is 0. The van der Waals surface area contributed by atoms with Crippen LogP contribution in [0.25, 0.3) is 21.8 Å². The third kappa shape index (κ3) is 6.62. The van der Waals surface area contributed by atoms with E-state index in [2.05, 4.69) is 10.4 Å². The number of imidazole rings is 1. The van der Waals surface area contributed by atoms with E-state index in [1.807, 2.05) is 36.4 Å². The van der Waals surface area contributed by atoms with Crippen LogP contribution in [0.2, 0.25) is 0 Å². The fourth-order valence-corrected chi connectivity index (χ4v) is 5.24. The first-order valence-electron chi connectivity index (χ1n) is 13.2. The fraction of sp³-hybridized carbons (Fsp3) is 0.194. The average molecular weight is 631 g/mol. The van der Waals surface area contributed by atoms with Gasteiger partial charge in [0, 0.05) is 25.1 Å². The first kappa shape index (κ1) is 30.8. The van der Waals surface area contributed by atoms with Crippen molar-refractivity contribution in [1.82, 2.24) is 14.6 Å². The molecule has 0 aliphatic heterocycles. The van der Waals surface area contributed by atoms with Crippen LogP contribution in [0.5, 0.6) is 0 Å². The molecule has 1 aromatic heterocycles. The number of halogens is 6. The van der Waals surface area contributed by atoms with Gasteiger partial charge in [-0.05, 0) is 65.3 Å². The second-order valence-corrected chi connectivity index (χ2v) is 10.7. The van der Waals surface area contributed by atoms with Gasteiger partial charge in [-0.25, -0.2) is 4.68 Å². The monoisotopic (exact) mass is 630 g/mol. The molecule has 1 unspecified atom stereocenters. The topological polar surface area (TPSA) is 70.1 Å². The van der Waals surface area contributed by atoms with Crippen LogP contribution in [0.1, 0.15) is 33.5 Å². The molecule has 1 heterocycles. The van der Waals surface area contributed by atoms with Crippen molar-refractivity contribution in [3.8, 4) is 0 Å². The number of carbonyl (C=O) groups is 2. The maximum atomic E-state index is 13.5. The number of aromatic nitrogens is 2. The molecule has 5 aromatic rings. The van der Waals surface area contributed by atoms with E-state index in [0.29, 0.717) is 28.7 Å². The number of nitrogens with one attached hydrogen (secondary N) is 2. The molecule has 2 amide bonds. The van der Waals surface area contributed by atoms with E-state index in [-0.39, 0.29) is 23.7 Å². The van der Waals surface area contributed by atoms with Crippen LogP contribution in [-0.4, -0.2) is 39.5 Å². The smallest absolute Gasteiger partial charge is 0.338 e. The van der Waals surface area contributed by atoms with Crippen molar-refractivity contribution in [2.75, 3.05) is 12.5 Å². The summed E-state index contributed by atoms with van der Waals surface area (Å²) in [7, 11) is 1.24. The molecule has 0 bridgehead atoms. The molecule has 6 nitrogen and oxygen atoms in total. The highest BCUT2D eigenvalue weighted by Gasteiger charge is 2.38. The van der Waals surface area contributed by atoms with E-state index in [4.69, 9.17) is 12.2 Å². The number of hydrogen-bond donors (Lipinski definition) is 2. The zero-order valence-electron chi connectivity index (χ0n) is 23.0. The van der Waals surface area contributed by atoms with Crippen LogP contribution in [0.3, 0.4) is 0 Å². The summed E-state index contributed by atoms with van der Waals surface area (Å²) < 4.78 is 82.6. The summed E-state index contributed by atoms with van der Waals surface area (Å²) >= 11 is 5.32. The summed E-state index contributed by atoms with van der Waals surface area (Å²) in [4.78, 5) is 30.8. The Morgan fingerprint density at radius 2 is 1.48 bits per heavy atom. The molecule has 5 rings (SSSR count). The van der Waals surface area contributed by atoms with Crippen LogP contribution in [0.15, 0.2) is 84.9 Å². The molecule has 2 N–H and O–H groups in total. The molecule has 0 radical (unpaired) electrons. The minimum atomic E-state index is -5.13. The summed E-state index contributed by atoms with van der Waals surface area (Å²) in [6, 6.07) is 19.7. The van der Waals surface area contributed by atoms with Crippen molar-refractivity contribution in [3.05, 3.63) is 112 Å². The Hall–Kier alpha value is -4.65. The van der Waals surface area contributed by atoms with E-state index < -0.39 is 46.9 Å². The van der Waals surface area contributed by atoms with Crippen molar-refractivity contribution in [3.63, 3.8) is 0 Å². The lowest BCUT2D eigenvalue weighted by Gasteiger charge is -2.29. The van der Waals surface area contributed by atoms with Gasteiger partial charge in [0.05, 0.1) is 22.2 Å². The first-order valence-corrected chi connectivity index (χ1v) is 13.7. The number of hydrogen-bond acceptors (Lipinski definition) is 3. The van der Waals surface area contributed by atoms with Crippen molar-refractivity contribution in [2.45, 2.75) is 31.2 Å². The molecular weight excluding hydrogens is 606 g/mol. The minimum absolute atomic E-state index is 0.0401. The Balaban J connectivity index is 1.49. The van der Waals surface area contributed by atoms with Gasteiger partial charge < -0.3 is 9.88 Å². The number of alkyl halides is 6. The summed E-state index contributed by atoms with van der Waals surface area (Å²) in [5.74, 6) is -1.69. The van der Waals surface area contributed by atoms with Gasteiger partial charge in [-0.15, -0.1) is 0 Å². The minimum Gasteiger partial charge on any atom is -0.338 e. The van der Waals surface area contributed by atoms with Crippen LogP contribution in [0.4, 0.5) is 26.3 Å². The van der Waals surface area contributed by atoms with E-state index in [1.165, 1.54) is 11.7 Å². The zero-order valence-corrected chi connectivity index (χ0v) is 23.8. The number of rotatable bonds is 7. The Bertz CT molecular complexity index is 1900. The van der Waals surface area contributed by atoms with Gasteiger partial charge in [0.25, 0.3) is 5.91 Å². The number of nitrogens with zero attached hydrogens (tertiary/aromatic N) is 2. The van der Waals surface area contributed by atoms with Crippen molar-refractivity contribution in [2.24, 2.45) is 0 Å². The lowest BCUT2D eigenvalue weighted by molar-refractivity contribution is -0.143. The van der Waals surface area contributed by atoms with Crippen LogP contribution in [0, 0.1) is 4.77 Å². The highest BCUT2D eigenvalue weighted by atomic mass is 32.1. The van der Waals surface area contributed by atoms with Gasteiger partial charge in [-0.3, -0.25) is 15.0 Å². The quantitative estimate of drug-likeness (QED) is 0.143. The number of likely N-dealkylation sites (N-methyl/N-ethyl adjacent to an activating group) is 1. The summed E-state index contributed by atoms with van der Waals surface area (Å²) in [5.41, 5.74) is 0.579. The molecule has 0 aliphatic carbocycles. The third-order valence-electron chi connectivity index (χ3n) is 7.24. The second kappa shape index (κ2) is 11.8. The van der Waals surface area contributed by atoms with E-state index in [1.54, 1.807) is 30.3 Å². The molecule has 0 spiro atoms. The highest BCUT2D eigenvalue weighted by Crippen LogP contribution is 2.36. The number of fused-ring (bicyclic) bond motifs is 2. The largest absolute Gasteiger partial charge is 0.416 e. The Kier molecular flexibility index (Phi) is 8.25. The van der Waals surface area contributed by atoms with Gasteiger partial charge in [-0.2, -0.15) is 26.3 Å². The number of carbonyl (C=O) groups excluding carboxylic acids is 2. The average Bonchev–Trinajstić information content (AvgIpc) is 3.29. The lowest BCUT2D eigenvalue weighted by atomic mass is 9.97. The van der Waals surface area contributed by atoms with Gasteiger partial charge in [0.1, 0.15) is 0 Å². The molecule has 0 fully saturated rings. The summed E-state index contributed by atoms with van der Waals surface area (Å²) in [6.07, 6.45) is -10.5. The Morgan fingerprint density at radius 1 is 0.864 bits per heavy atom. The first-order chi connectivity index (χ1) is 20.7. The van der Waals surface area contributed by atoms with Gasteiger partial charge in [0.15, 0.2) is 4.77 Å². The van der Waals surface area contributed by atoms with Crippen LogP contribution >= 0.6 is 12.2 Å². The van der Waals surface area contributed by atoms with Crippen molar-refractivity contribution < 1.29 is 35.9 Å².